The molecule has 0 saturated carbocycles. The third-order valence-electron chi connectivity index (χ3n) is 3.77. The highest BCUT2D eigenvalue weighted by Gasteiger charge is 2.14. The highest BCUT2D eigenvalue weighted by molar-refractivity contribution is 9.10. The lowest BCUT2D eigenvalue weighted by Crippen LogP contribution is -2.27. The molecule has 0 saturated heterocycles. The Bertz CT molecular complexity index is 474. The van der Waals surface area contributed by atoms with Crippen LogP contribution in [0.5, 0.6) is 0 Å². The van der Waals surface area contributed by atoms with E-state index in [1.54, 1.807) is 6.92 Å². The van der Waals surface area contributed by atoms with Crippen LogP contribution in [0.25, 0.3) is 0 Å². The summed E-state index contributed by atoms with van der Waals surface area (Å²) < 4.78 is 3.08. The number of halogens is 1. The molecule has 21 heavy (non-hydrogen) atoms. The Kier molecular flexibility index (Phi) is 7.39. The first-order chi connectivity index (χ1) is 9.86. The normalized spacial score (nSPS) is 14.1. The van der Waals surface area contributed by atoms with Crippen molar-refractivity contribution in [3.8, 4) is 0 Å². The summed E-state index contributed by atoms with van der Waals surface area (Å²) in [5.74, 6) is -0.961. The first kappa shape index (κ1) is 18.2. The van der Waals surface area contributed by atoms with Gasteiger partial charge in [-0.3, -0.25) is 9.48 Å². The standard InChI is InChI=1S/C15H26BrN3O2/c1-5-19-13(14(16)12(4)18-19)9-17-11(3)8-6-7-10(2)15(20)21/h10-11,17H,5-9H2,1-4H3,(H,20,21). The maximum Gasteiger partial charge on any atom is 0.306 e. The molecule has 120 valence electrons. The molecule has 1 rings (SSSR count). The zero-order valence-electron chi connectivity index (χ0n) is 13.3. The third-order valence-corrected chi connectivity index (χ3v) is 4.80. The van der Waals surface area contributed by atoms with Crippen molar-refractivity contribution in [2.45, 2.75) is 66.1 Å². The fourth-order valence-corrected chi connectivity index (χ4v) is 2.69. The molecule has 0 radical (unpaired) electrons. The summed E-state index contributed by atoms with van der Waals surface area (Å²) >= 11 is 3.59. The topological polar surface area (TPSA) is 67.2 Å². The number of nitrogens with one attached hydrogen (secondary N) is 1. The van der Waals surface area contributed by atoms with Gasteiger partial charge in [-0.05, 0) is 49.5 Å². The Morgan fingerprint density at radius 1 is 1.43 bits per heavy atom. The van der Waals surface area contributed by atoms with Crippen LogP contribution in [0.4, 0.5) is 0 Å². The molecule has 6 heteroatoms. The highest BCUT2D eigenvalue weighted by atomic mass is 79.9. The van der Waals surface area contributed by atoms with Crippen molar-refractivity contribution in [2.24, 2.45) is 5.92 Å². The van der Waals surface area contributed by atoms with Crippen molar-refractivity contribution >= 4 is 21.9 Å². The molecule has 0 fully saturated rings. The van der Waals surface area contributed by atoms with Gasteiger partial charge >= 0.3 is 5.97 Å². The van der Waals surface area contributed by atoms with Gasteiger partial charge in [0.25, 0.3) is 0 Å². The Hall–Kier alpha value is -0.880. The first-order valence-electron chi connectivity index (χ1n) is 7.54. The lowest BCUT2D eigenvalue weighted by atomic mass is 10.0. The molecule has 0 aliphatic carbocycles. The summed E-state index contributed by atoms with van der Waals surface area (Å²) in [5, 5.41) is 16.8. The molecule has 1 aromatic heterocycles. The Labute approximate surface area is 135 Å². The van der Waals surface area contributed by atoms with Crippen LogP contribution >= 0.6 is 15.9 Å². The van der Waals surface area contributed by atoms with Crippen molar-refractivity contribution in [1.29, 1.82) is 0 Å². The molecule has 0 amide bonds. The minimum Gasteiger partial charge on any atom is -0.481 e. The molecule has 0 spiro atoms. The van der Waals surface area contributed by atoms with Crippen LogP contribution < -0.4 is 5.32 Å². The lowest BCUT2D eigenvalue weighted by Gasteiger charge is -2.15. The molecular weight excluding hydrogens is 334 g/mol. The number of nitrogens with zero attached hydrogens (tertiary/aromatic N) is 2. The van der Waals surface area contributed by atoms with Crippen molar-refractivity contribution in [2.75, 3.05) is 0 Å². The Morgan fingerprint density at radius 3 is 2.67 bits per heavy atom. The van der Waals surface area contributed by atoms with Crippen LogP contribution in [0.15, 0.2) is 4.47 Å². The number of hydrogen-bond donors (Lipinski definition) is 2. The van der Waals surface area contributed by atoms with E-state index in [1.807, 2.05) is 11.6 Å². The van der Waals surface area contributed by atoms with E-state index in [0.29, 0.717) is 6.04 Å². The van der Waals surface area contributed by atoms with Crippen molar-refractivity contribution in [1.82, 2.24) is 15.1 Å². The second kappa shape index (κ2) is 8.54. The average Bonchev–Trinajstić information content (AvgIpc) is 2.71. The van der Waals surface area contributed by atoms with Crippen LogP contribution in [0, 0.1) is 12.8 Å². The number of carboxylic acid groups (broad SMARTS) is 1. The van der Waals surface area contributed by atoms with Crippen molar-refractivity contribution in [3.63, 3.8) is 0 Å². The fraction of sp³-hybridized carbons (Fsp3) is 0.733. The van der Waals surface area contributed by atoms with Gasteiger partial charge in [0, 0.05) is 19.1 Å². The molecule has 0 aromatic carbocycles. The monoisotopic (exact) mass is 359 g/mol. The molecule has 1 heterocycles. The summed E-state index contributed by atoms with van der Waals surface area (Å²) in [6.07, 6.45) is 2.64. The van der Waals surface area contributed by atoms with Crippen molar-refractivity contribution < 1.29 is 9.90 Å². The average molecular weight is 360 g/mol. The van der Waals surface area contributed by atoms with Gasteiger partial charge in [-0.1, -0.05) is 13.3 Å². The van der Waals surface area contributed by atoms with Gasteiger partial charge in [0.15, 0.2) is 0 Å². The van der Waals surface area contributed by atoms with Crippen LogP contribution in [-0.4, -0.2) is 26.9 Å². The minimum atomic E-state index is -0.707. The number of aryl methyl sites for hydroxylation is 2. The van der Waals surface area contributed by atoms with E-state index in [-0.39, 0.29) is 5.92 Å². The predicted octanol–water partition coefficient (Wildman–Crippen LogP) is 3.34. The number of hydrogen-bond acceptors (Lipinski definition) is 3. The zero-order valence-corrected chi connectivity index (χ0v) is 14.9. The molecule has 5 nitrogen and oxygen atoms in total. The van der Waals surface area contributed by atoms with Crippen LogP contribution in [0.2, 0.25) is 0 Å². The SMILES string of the molecule is CCn1nc(C)c(Br)c1CNC(C)CCCC(C)C(=O)O. The second-order valence-electron chi connectivity index (χ2n) is 5.61. The highest BCUT2D eigenvalue weighted by Crippen LogP contribution is 2.21. The number of rotatable bonds is 9. The van der Waals surface area contributed by atoms with Gasteiger partial charge in [-0.25, -0.2) is 0 Å². The minimum absolute atomic E-state index is 0.254. The molecular formula is C15H26BrN3O2. The fourth-order valence-electron chi connectivity index (χ4n) is 2.26. The van der Waals surface area contributed by atoms with Gasteiger partial charge in [-0.2, -0.15) is 5.10 Å². The molecule has 2 N–H and O–H groups in total. The summed E-state index contributed by atoms with van der Waals surface area (Å²) in [5.41, 5.74) is 2.18. The lowest BCUT2D eigenvalue weighted by molar-refractivity contribution is -0.141. The van der Waals surface area contributed by atoms with E-state index in [0.717, 1.165) is 42.5 Å². The molecule has 0 aliphatic heterocycles. The van der Waals surface area contributed by atoms with E-state index >= 15 is 0 Å². The van der Waals surface area contributed by atoms with Crippen molar-refractivity contribution in [3.05, 3.63) is 15.9 Å². The molecule has 2 atom stereocenters. The van der Waals surface area contributed by atoms with Crippen LogP contribution in [-0.2, 0) is 17.9 Å². The maximum atomic E-state index is 10.8. The van der Waals surface area contributed by atoms with Gasteiger partial charge < -0.3 is 10.4 Å². The first-order valence-corrected chi connectivity index (χ1v) is 8.34. The summed E-state index contributed by atoms with van der Waals surface area (Å²) in [4.78, 5) is 10.8. The molecule has 2 unspecified atom stereocenters. The number of aromatic nitrogens is 2. The van der Waals surface area contributed by atoms with E-state index in [1.165, 1.54) is 5.69 Å². The predicted molar refractivity (Wildman–Crippen MR) is 87.3 cm³/mol. The largest absolute Gasteiger partial charge is 0.481 e. The van der Waals surface area contributed by atoms with E-state index in [9.17, 15) is 4.79 Å². The van der Waals surface area contributed by atoms with Gasteiger partial charge in [0.1, 0.15) is 0 Å². The Balaban J connectivity index is 2.40. The smallest absolute Gasteiger partial charge is 0.306 e. The van der Waals surface area contributed by atoms with Crippen LogP contribution in [0.1, 0.15) is 51.4 Å². The third kappa shape index (κ3) is 5.43. The summed E-state index contributed by atoms with van der Waals surface area (Å²) in [7, 11) is 0. The number of carboxylic acids is 1. The van der Waals surface area contributed by atoms with Crippen LogP contribution in [0.3, 0.4) is 0 Å². The van der Waals surface area contributed by atoms with Gasteiger partial charge in [-0.15, -0.1) is 0 Å². The van der Waals surface area contributed by atoms with Gasteiger partial charge in [0.05, 0.1) is 21.8 Å². The molecule has 1 aromatic rings. The molecule has 0 bridgehead atoms. The molecule has 0 aliphatic rings. The quantitative estimate of drug-likeness (QED) is 0.709. The maximum absolute atomic E-state index is 10.8. The summed E-state index contributed by atoms with van der Waals surface area (Å²) in [6, 6.07) is 0.360. The van der Waals surface area contributed by atoms with Gasteiger partial charge in [0.2, 0.25) is 0 Å². The van der Waals surface area contributed by atoms with E-state index in [4.69, 9.17) is 5.11 Å². The second-order valence-corrected chi connectivity index (χ2v) is 6.41. The van der Waals surface area contributed by atoms with E-state index < -0.39 is 5.97 Å². The number of aliphatic carboxylic acids is 1. The summed E-state index contributed by atoms with van der Waals surface area (Å²) in [6.45, 7) is 9.60. The Morgan fingerprint density at radius 2 is 2.10 bits per heavy atom. The zero-order chi connectivity index (χ0) is 16.0. The van der Waals surface area contributed by atoms with E-state index in [2.05, 4.69) is 40.2 Å². The number of carbonyl (C=O) groups is 1.